The number of carbonyl (C=O) groups excluding carboxylic acids is 1. The average molecular weight is 420 g/mol. The second-order valence-corrected chi connectivity index (χ2v) is 9.42. The number of anilines is 1. The van der Waals surface area contributed by atoms with Crippen LogP contribution in [0, 0.1) is 0 Å². The number of aryl methyl sites for hydroxylation is 1. The molecule has 6 nitrogen and oxygen atoms in total. The topological polar surface area (TPSA) is 70.6 Å². The molecule has 0 atom stereocenters. The van der Waals surface area contributed by atoms with Gasteiger partial charge < -0.3 is 4.90 Å². The van der Waals surface area contributed by atoms with Crippen LogP contribution in [0.3, 0.4) is 0 Å². The standard InChI is InChI=1S/C20H25N3O3S2/c1-3-22(4-2)28(25,26)17-11-12-19(21-14-17)27-15-20(24)23-13-7-9-16-8-5-6-10-18(16)23/h5-6,8,10-12,14H,3-4,7,9,13,15H2,1-2H3. The highest BCUT2D eigenvalue weighted by molar-refractivity contribution is 7.99. The number of amides is 1. The maximum atomic E-state index is 12.7. The van der Waals surface area contributed by atoms with E-state index >= 15 is 0 Å². The van der Waals surface area contributed by atoms with Crippen molar-refractivity contribution in [2.24, 2.45) is 0 Å². The van der Waals surface area contributed by atoms with Crippen molar-refractivity contribution in [2.45, 2.75) is 36.6 Å². The molecule has 150 valence electrons. The Labute approximate surface area is 171 Å². The molecule has 0 radical (unpaired) electrons. The molecule has 1 aliphatic heterocycles. The fourth-order valence-corrected chi connectivity index (χ4v) is 5.45. The quantitative estimate of drug-likeness (QED) is 0.645. The van der Waals surface area contributed by atoms with Gasteiger partial charge in [-0.2, -0.15) is 4.31 Å². The lowest BCUT2D eigenvalue weighted by atomic mass is 10.0. The Morgan fingerprint density at radius 3 is 2.61 bits per heavy atom. The van der Waals surface area contributed by atoms with E-state index in [0.717, 1.165) is 25.1 Å². The third-order valence-electron chi connectivity index (χ3n) is 4.81. The summed E-state index contributed by atoms with van der Waals surface area (Å²) in [4.78, 5) is 19.0. The van der Waals surface area contributed by atoms with Gasteiger partial charge in [0, 0.05) is 31.5 Å². The zero-order valence-electron chi connectivity index (χ0n) is 16.2. The van der Waals surface area contributed by atoms with Gasteiger partial charge in [-0.15, -0.1) is 0 Å². The number of para-hydroxylation sites is 1. The summed E-state index contributed by atoms with van der Waals surface area (Å²) in [5.74, 6) is 0.308. The minimum Gasteiger partial charge on any atom is -0.311 e. The molecule has 1 aliphatic rings. The van der Waals surface area contributed by atoms with E-state index in [1.54, 1.807) is 12.1 Å². The van der Waals surface area contributed by atoms with Crippen molar-refractivity contribution in [3.63, 3.8) is 0 Å². The molecule has 3 rings (SSSR count). The second kappa shape index (κ2) is 9.07. The van der Waals surface area contributed by atoms with Crippen LogP contribution in [0.25, 0.3) is 0 Å². The predicted molar refractivity (Wildman–Crippen MR) is 112 cm³/mol. The molecular formula is C20H25N3O3S2. The summed E-state index contributed by atoms with van der Waals surface area (Å²) in [7, 11) is -3.51. The van der Waals surface area contributed by atoms with E-state index in [2.05, 4.69) is 11.1 Å². The van der Waals surface area contributed by atoms with E-state index in [1.807, 2.05) is 36.9 Å². The van der Waals surface area contributed by atoms with E-state index in [9.17, 15) is 13.2 Å². The van der Waals surface area contributed by atoms with Crippen molar-refractivity contribution in [2.75, 3.05) is 30.3 Å². The van der Waals surface area contributed by atoms with Crippen molar-refractivity contribution >= 4 is 33.4 Å². The van der Waals surface area contributed by atoms with Crippen molar-refractivity contribution < 1.29 is 13.2 Å². The summed E-state index contributed by atoms with van der Waals surface area (Å²) >= 11 is 1.33. The van der Waals surface area contributed by atoms with Crippen LogP contribution in [0.1, 0.15) is 25.8 Å². The largest absolute Gasteiger partial charge is 0.311 e. The Morgan fingerprint density at radius 2 is 1.93 bits per heavy atom. The molecular weight excluding hydrogens is 394 g/mol. The number of nitrogens with zero attached hydrogens (tertiary/aromatic N) is 3. The third kappa shape index (κ3) is 4.39. The molecule has 2 aromatic rings. The van der Waals surface area contributed by atoms with Gasteiger partial charge in [0.05, 0.1) is 10.8 Å². The highest BCUT2D eigenvalue weighted by Gasteiger charge is 2.23. The summed E-state index contributed by atoms with van der Waals surface area (Å²) in [6.45, 7) is 5.18. The zero-order chi connectivity index (χ0) is 20.1. The molecule has 0 bridgehead atoms. The van der Waals surface area contributed by atoms with E-state index in [0.29, 0.717) is 18.1 Å². The monoisotopic (exact) mass is 419 g/mol. The van der Waals surface area contributed by atoms with Gasteiger partial charge in [-0.1, -0.05) is 43.8 Å². The first-order valence-corrected chi connectivity index (χ1v) is 11.9. The highest BCUT2D eigenvalue weighted by atomic mass is 32.2. The van der Waals surface area contributed by atoms with Crippen LogP contribution in [0.2, 0.25) is 0 Å². The maximum absolute atomic E-state index is 12.7. The van der Waals surface area contributed by atoms with Crippen LogP contribution < -0.4 is 4.90 Å². The molecule has 0 saturated carbocycles. The predicted octanol–water partition coefficient (Wildman–Crippen LogP) is 3.18. The number of rotatable bonds is 7. The smallest absolute Gasteiger partial charge is 0.244 e. The fraction of sp³-hybridized carbons (Fsp3) is 0.400. The summed E-state index contributed by atoms with van der Waals surface area (Å²) in [6.07, 6.45) is 3.33. The van der Waals surface area contributed by atoms with Gasteiger partial charge in [0.2, 0.25) is 15.9 Å². The van der Waals surface area contributed by atoms with Gasteiger partial charge in [-0.05, 0) is 36.6 Å². The van der Waals surface area contributed by atoms with Crippen LogP contribution in [-0.4, -0.2) is 49.0 Å². The van der Waals surface area contributed by atoms with Crippen LogP contribution >= 0.6 is 11.8 Å². The Hall–Kier alpha value is -1.90. The average Bonchev–Trinajstić information content (AvgIpc) is 2.72. The molecule has 2 heterocycles. The fourth-order valence-electron chi connectivity index (χ4n) is 3.32. The molecule has 28 heavy (non-hydrogen) atoms. The highest BCUT2D eigenvalue weighted by Crippen LogP contribution is 2.28. The lowest BCUT2D eigenvalue weighted by Gasteiger charge is -2.29. The number of sulfonamides is 1. The van der Waals surface area contributed by atoms with Crippen molar-refractivity contribution in [1.29, 1.82) is 0 Å². The lowest BCUT2D eigenvalue weighted by Crippen LogP contribution is -2.36. The summed E-state index contributed by atoms with van der Waals surface area (Å²) in [5, 5.41) is 0.636. The minimum atomic E-state index is -3.51. The summed E-state index contributed by atoms with van der Waals surface area (Å²) < 4.78 is 26.4. The number of fused-ring (bicyclic) bond motifs is 1. The summed E-state index contributed by atoms with van der Waals surface area (Å²) in [5.41, 5.74) is 2.20. The summed E-state index contributed by atoms with van der Waals surface area (Å²) in [6, 6.07) is 11.2. The number of hydrogen-bond donors (Lipinski definition) is 0. The van der Waals surface area contributed by atoms with Crippen LogP contribution in [-0.2, 0) is 21.2 Å². The van der Waals surface area contributed by atoms with Crippen molar-refractivity contribution in [1.82, 2.24) is 9.29 Å². The first-order chi connectivity index (χ1) is 13.5. The lowest BCUT2D eigenvalue weighted by molar-refractivity contribution is -0.116. The molecule has 1 aromatic heterocycles. The maximum Gasteiger partial charge on any atom is 0.244 e. The molecule has 0 spiro atoms. The molecule has 1 aromatic carbocycles. The van der Waals surface area contributed by atoms with E-state index < -0.39 is 10.0 Å². The van der Waals surface area contributed by atoms with Gasteiger partial charge in [-0.25, -0.2) is 13.4 Å². The molecule has 0 N–H and O–H groups in total. The first-order valence-electron chi connectivity index (χ1n) is 9.44. The van der Waals surface area contributed by atoms with Crippen LogP contribution in [0.5, 0.6) is 0 Å². The van der Waals surface area contributed by atoms with Crippen LogP contribution in [0.15, 0.2) is 52.5 Å². The molecule has 1 amide bonds. The molecule has 0 unspecified atom stereocenters. The second-order valence-electron chi connectivity index (χ2n) is 6.49. The Kier molecular flexibility index (Phi) is 6.74. The SMILES string of the molecule is CCN(CC)S(=O)(=O)c1ccc(SCC(=O)N2CCCc3ccccc32)nc1. The third-order valence-corrected chi connectivity index (χ3v) is 7.77. The number of pyridine rings is 1. The van der Waals surface area contributed by atoms with E-state index in [-0.39, 0.29) is 16.6 Å². The number of hydrogen-bond acceptors (Lipinski definition) is 5. The zero-order valence-corrected chi connectivity index (χ0v) is 17.8. The van der Waals surface area contributed by atoms with Gasteiger partial charge >= 0.3 is 0 Å². The molecule has 0 fully saturated rings. The number of thioether (sulfide) groups is 1. The molecule has 0 saturated heterocycles. The number of aromatic nitrogens is 1. The van der Waals surface area contributed by atoms with Gasteiger partial charge in [0.15, 0.2) is 0 Å². The van der Waals surface area contributed by atoms with Crippen LogP contribution in [0.4, 0.5) is 5.69 Å². The number of benzene rings is 1. The van der Waals surface area contributed by atoms with E-state index in [4.69, 9.17) is 0 Å². The Morgan fingerprint density at radius 1 is 1.18 bits per heavy atom. The van der Waals surface area contributed by atoms with Gasteiger partial charge in [0.1, 0.15) is 4.90 Å². The van der Waals surface area contributed by atoms with Crippen molar-refractivity contribution in [3.8, 4) is 0 Å². The molecule has 8 heteroatoms. The van der Waals surface area contributed by atoms with E-state index in [1.165, 1.54) is 27.8 Å². The Bertz CT molecular complexity index is 926. The Balaban J connectivity index is 1.65. The molecule has 0 aliphatic carbocycles. The first kappa shape index (κ1) is 20.8. The normalized spacial score (nSPS) is 14.2. The van der Waals surface area contributed by atoms with Gasteiger partial charge in [-0.3, -0.25) is 4.79 Å². The minimum absolute atomic E-state index is 0.0405. The van der Waals surface area contributed by atoms with Crippen molar-refractivity contribution in [3.05, 3.63) is 48.2 Å². The van der Waals surface area contributed by atoms with Gasteiger partial charge in [0.25, 0.3) is 0 Å². The number of carbonyl (C=O) groups is 1.